The van der Waals surface area contributed by atoms with Crippen molar-refractivity contribution >= 4 is 15.7 Å². The van der Waals surface area contributed by atoms with Gasteiger partial charge in [-0.2, -0.15) is 5.10 Å². The van der Waals surface area contributed by atoms with Gasteiger partial charge in [0.1, 0.15) is 0 Å². The lowest BCUT2D eigenvalue weighted by Gasteiger charge is -2.08. The van der Waals surface area contributed by atoms with Crippen LogP contribution >= 0.6 is 0 Å². The van der Waals surface area contributed by atoms with Crippen LogP contribution in [0.25, 0.3) is 0 Å². The maximum atomic E-state index is 11.9. The molecule has 2 rings (SSSR count). The number of nitrogens with two attached hydrogens (primary N) is 1. The molecule has 0 atom stereocenters. The lowest BCUT2D eigenvalue weighted by molar-refractivity contribution is 0.552. The Kier molecular flexibility index (Phi) is 4.75. The highest BCUT2D eigenvalue weighted by molar-refractivity contribution is 7.88. The molecular formula is C13H18N4O2S. The van der Waals surface area contributed by atoms with E-state index in [9.17, 15) is 8.42 Å². The van der Waals surface area contributed by atoms with Gasteiger partial charge in [-0.25, -0.2) is 13.1 Å². The quantitative estimate of drug-likeness (QED) is 0.588. The van der Waals surface area contributed by atoms with Crippen LogP contribution in [-0.2, 0) is 22.3 Å². The fraction of sp³-hybridized carbons (Fsp3) is 0.308. The van der Waals surface area contributed by atoms with E-state index in [1.165, 1.54) is 0 Å². The maximum Gasteiger partial charge on any atom is 0.215 e. The predicted molar refractivity (Wildman–Crippen MR) is 78.3 cm³/mol. The smallest absolute Gasteiger partial charge is 0.215 e. The molecule has 0 bridgehead atoms. The molecule has 0 amide bonds. The van der Waals surface area contributed by atoms with Gasteiger partial charge < -0.3 is 5.73 Å². The van der Waals surface area contributed by atoms with Crippen LogP contribution in [-0.4, -0.2) is 24.7 Å². The summed E-state index contributed by atoms with van der Waals surface area (Å²) in [5.41, 5.74) is 6.86. The first-order valence-corrected chi connectivity index (χ1v) is 8.00. The highest BCUT2D eigenvalue weighted by atomic mass is 32.2. The van der Waals surface area contributed by atoms with Gasteiger partial charge in [-0.3, -0.25) is 4.68 Å². The van der Waals surface area contributed by atoms with Gasteiger partial charge in [0, 0.05) is 31.2 Å². The Bertz CT molecular complexity index is 638. The number of hydrogen-bond donors (Lipinski definition) is 2. The molecule has 0 aliphatic carbocycles. The molecule has 0 aliphatic heterocycles. The minimum Gasteiger partial charge on any atom is -0.398 e. The molecule has 0 fully saturated rings. The van der Waals surface area contributed by atoms with Crippen LogP contribution in [0.4, 0.5) is 5.69 Å². The van der Waals surface area contributed by atoms with Crippen LogP contribution in [0.5, 0.6) is 0 Å². The summed E-state index contributed by atoms with van der Waals surface area (Å²) in [5.74, 6) is -0.0958. The van der Waals surface area contributed by atoms with Crippen molar-refractivity contribution < 1.29 is 8.42 Å². The number of nitrogen functional groups attached to an aromatic ring is 1. The van der Waals surface area contributed by atoms with Gasteiger partial charge in [-0.05, 0) is 24.1 Å². The topological polar surface area (TPSA) is 90.0 Å². The number of aromatic nitrogens is 2. The number of benzene rings is 1. The Hall–Kier alpha value is -1.86. The van der Waals surface area contributed by atoms with Gasteiger partial charge in [0.2, 0.25) is 10.0 Å². The first kappa shape index (κ1) is 14.5. The largest absolute Gasteiger partial charge is 0.398 e. The summed E-state index contributed by atoms with van der Waals surface area (Å²) in [5, 5.41) is 4.05. The molecule has 6 nitrogen and oxygen atoms in total. The molecule has 0 aliphatic rings. The van der Waals surface area contributed by atoms with E-state index in [0.29, 0.717) is 30.8 Å². The van der Waals surface area contributed by atoms with Crippen LogP contribution in [0.15, 0.2) is 42.7 Å². The molecule has 0 unspecified atom stereocenters. The molecule has 1 aromatic carbocycles. The molecule has 1 aromatic heterocycles. The Morgan fingerprint density at radius 2 is 2.05 bits per heavy atom. The summed E-state index contributed by atoms with van der Waals surface area (Å²) in [4.78, 5) is 0. The molecule has 0 radical (unpaired) electrons. The molecule has 0 saturated heterocycles. The SMILES string of the molecule is Nc1ccccc1CS(=O)(=O)NCCCn1cccn1. The molecular weight excluding hydrogens is 276 g/mol. The minimum atomic E-state index is -3.36. The zero-order valence-electron chi connectivity index (χ0n) is 11.1. The van der Waals surface area contributed by atoms with Crippen molar-refractivity contribution in [2.45, 2.75) is 18.7 Å². The number of rotatable bonds is 7. The van der Waals surface area contributed by atoms with Crippen molar-refractivity contribution in [1.29, 1.82) is 0 Å². The molecule has 20 heavy (non-hydrogen) atoms. The standard InChI is InChI=1S/C13H18N4O2S/c14-13-6-2-1-5-12(13)11-20(18,19)16-8-4-10-17-9-3-7-15-17/h1-3,5-7,9,16H,4,8,10-11,14H2. The third-order valence-corrected chi connectivity index (χ3v) is 4.18. The van der Waals surface area contributed by atoms with E-state index in [0.717, 1.165) is 0 Å². The summed E-state index contributed by atoms with van der Waals surface area (Å²) in [6.45, 7) is 1.07. The number of aryl methyl sites for hydroxylation is 1. The fourth-order valence-corrected chi connectivity index (χ4v) is 3.05. The zero-order valence-corrected chi connectivity index (χ0v) is 11.9. The summed E-state index contributed by atoms with van der Waals surface area (Å²) in [6.07, 6.45) is 4.23. The lowest BCUT2D eigenvalue weighted by atomic mass is 10.2. The van der Waals surface area contributed by atoms with Gasteiger partial charge in [-0.15, -0.1) is 0 Å². The molecule has 0 saturated carbocycles. The number of anilines is 1. The third-order valence-electron chi connectivity index (χ3n) is 2.85. The average molecular weight is 294 g/mol. The molecule has 7 heteroatoms. The van der Waals surface area contributed by atoms with Crippen molar-refractivity contribution in [3.63, 3.8) is 0 Å². The van der Waals surface area contributed by atoms with Gasteiger partial charge in [0.05, 0.1) is 5.75 Å². The van der Waals surface area contributed by atoms with Gasteiger partial charge in [0.25, 0.3) is 0 Å². The lowest BCUT2D eigenvalue weighted by Crippen LogP contribution is -2.27. The van der Waals surface area contributed by atoms with Crippen LogP contribution in [0, 0.1) is 0 Å². The Morgan fingerprint density at radius 3 is 2.75 bits per heavy atom. The van der Waals surface area contributed by atoms with Crippen LogP contribution in [0.2, 0.25) is 0 Å². The number of nitrogens with one attached hydrogen (secondary N) is 1. The number of sulfonamides is 1. The second-order valence-corrected chi connectivity index (χ2v) is 6.28. The Balaban J connectivity index is 1.81. The minimum absolute atomic E-state index is 0.0958. The highest BCUT2D eigenvalue weighted by Gasteiger charge is 2.12. The van der Waals surface area contributed by atoms with Crippen molar-refractivity contribution in [2.24, 2.45) is 0 Å². The molecule has 2 aromatic rings. The monoisotopic (exact) mass is 294 g/mol. The Morgan fingerprint density at radius 1 is 1.25 bits per heavy atom. The molecule has 0 spiro atoms. The Labute approximate surface area is 118 Å². The van der Waals surface area contributed by atoms with Crippen molar-refractivity contribution in [3.05, 3.63) is 48.3 Å². The van der Waals surface area contributed by atoms with E-state index in [-0.39, 0.29) is 5.75 Å². The van der Waals surface area contributed by atoms with E-state index in [2.05, 4.69) is 9.82 Å². The number of nitrogens with zero attached hydrogens (tertiary/aromatic N) is 2. The van der Waals surface area contributed by atoms with Crippen molar-refractivity contribution in [1.82, 2.24) is 14.5 Å². The van der Waals surface area contributed by atoms with E-state index in [1.807, 2.05) is 12.3 Å². The second-order valence-electron chi connectivity index (χ2n) is 4.47. The van der Waals surface area contributed by atoms with Crippen molar-refractivity contribution in [2.75, 3.05) is 12.3 Å². The third kappa shape index (κ3) is 4.36. The summed E-state index contributed by atoms with van der Waals surface area (Å²) in [7, 11) is -3.36. The first-order chi connectivity index (χ1) is 9.57. The van der Waals surface area contributed by atoms with Gasteiger partial charge in [-0.1, -0.05) is 18.2 Å². The second kappa shape index (κ2) is 6.53. The van der Waals surface area contributed by atoms with Gasteiger partial charge >= 0.3 is 0 Å². The van der Waals surface area contributed by atoms with Crippen LogP contribution in [0.3, 0.4) is 0 Å². The maximum absolute atomic E-state index is 11.9. The van der Waals surface area contributed by atoms with E-state index < -0.39 is 10.0 Å². The molecule has 1 heterocycles. The summed E-state index contributed by atoms with van der Waals surface area (Å²) < 4.78 is 28.2. The molecule has 3 N–H and O–H groups in total. The van der Waals surface area contributed by atoms with E-state index in [1.54, 1.807) is 35.1 Å². The first-order valence-electron chi connectivity index (χ1n) is 6.35. The zero-order chi connectivity index (χ0) is 14.4. The van der Waals surface area contributed by atoms with Crippen LogP contribution < -0.4 is 10.5 Å². The number of para-hydroxylation sites is 1. The summed E-state index contributed by atoms with van der Waals surface area (Å²) in [6, 6.07) is 8.81. The molecule has 108 valence electrons. The van der Waals surface area contributed by atoms with E-state index in [4.69, 9.17) is 5.73 Å². The normalized spacial score (nSPS) is 11.6. The van der Waals surface area contributed by atoms with E-state index >= 15 is 0 Å². The fourth-order valence-electron chi connectivity index (χ4n) is 1.82. The van der Waals surface area contributed by atoms with Gasteiger partial charge in [0.15, 0.2) is 0 Å². The number of hydrogen-bond acceptors (Lipinski definition) is 4. The predicted octanol–water partition coefficient (Wildman–Crippen LogP) is 0.975. The van der Waals surface area contributed by atoms with Crippen LogP contribution in [0.1, 0.15) is 12.0 Å². The highest BCUT2D eigenvalue weighted by Crippen LogP contribution is 2.13. The van der Waals surface area contributed by atoms with Crippen molar-refractivity contribution in [3.8, 4) is 0 Å². The summed E-state index contributed by atoms with van der Waals surface area (Å²) >= 11 is 0. The average Bonchev–Trinajstić information content (AvgIpc) is 2.90.